The van der Waals surface area contributed by atoms with Gasteiger partial charge in [-0.1, -0.05) is 6.07 Å². The summed E-state index contributed by atoms with van der Waals surface area (Å²) in [5, 5.41) is 12.9. The van der Waals surface area contributed by atoms with Gasteiger partial charge in [0.05, 0.1) is 13.4 Å². The van der Waals surface area contributed by atoms with E-state index < -0.39 is 12.7 Å². The van der Waals surface area contributed by atoms with Crippen LogP contribution in [-0.2, 0) is 6.54 Å². The van der Waals surface area contributed by atoms with Crippen LogP contribution < -0.4 is 14.8 Å². The molecule has 2 N–H and O–H groups in total. The smallest absolute Gasteiger partial charge is 0.387 e. The highest BCUT2D eigenvalue weighted by molar-refractivity contribution is 5.42. The first-order valence-corrected chi connectivity index (χ1v) is 6.64. The Kier molecular flexibility index (Phi) is 5.74. The Labute approximate surface area is 126 Å². The summed E-state index contributed by atoms with van der Waals surface area (Å²) in [6.45, 7) is -2.17. The van der Waals surface area contributed by atoms with Crippen LogP contribution in [0.3, 0.4) is 0 Å². The summed E-state index contributed by atoms with van der Waals surface area (Å²) in [4.78, 5) is 0. The van der Waals surface area contributed by atoms with Gasteiger partial charge in [-0.2, -0.15) is 8.78 Å². The van der Waals surface area contributed by atoms with E-state index in [0.717, 1.165) is 5.56 Å². The minimum absolute atomic E-state index is 0.0168. The number of benzene rings is 1. The summed E-state index contributed by atoms with van der Waals surface area (Å²) >= 11 is 0. The molecule has 2 rings (SSSR count). The molecule has 0 saturated carbocycles. The number of alkyl halides is 2. The number of ether oxygens (including phenoxy) is 2. The Balaban J connectivity index is 1.90. The van der Waals surface area contributed by atoms with Crippen molar-refractivity contribution in [3.05, 3.63) is 47.9 Å². The maximum absolute atomic E-state index is 12.2. The highest BCUT2D eigenvalue weighted by Gasteiger charge is 2.12. The standard InChI is InChI=1S/C15H17F2NO4/c1-20-14-7-10(4-5-13(14)22-15(16)17)8-18-9-11(19)12-3-2-6-21-12/h2-7,11,15,18-19H,8-9H2,1H3. The van der Waals surface area contributed by atoms with E-state index in [0.29, 0.717) is 18.8 Å². The van der Waals surface area contributed by atoms with Crippen LogP contribution in [0.5, 0.6) is 11.5 Å². The average Bonchev–Trinajstić information content (AvgIpc) is 3.02. The molecule has 1 unspecified atom stereocenters. The number of furan rings is 1. The van der Waals surface area contributed by atoms with Gasteiger partial charge in [-0.25, -0.2) is 0 Å². The van der Waals surface area contributed by atoms with Crippen molar-refractivity contribution in [1.82, 2.24) is 5.32 Å². The van der Waals surface area contributed by atoms with Crippen LogP contribution >= 0.6 is 0 Å². The zero-order valence-corrected chi connectivity index (χ0v) is 12.0. The van der Waals surface area contributed by atoms with Crippen LogP contribution in [0, 0.1) is 0 Å². The van der Waals surface area contributed by atoms with Crippen LogP contribution in [-0.4, -0.2) is 25.4 Å². The van der Waals surface area contributed by atoms with Crippen molar-refractivity contribution < 1.29 is 27.8 Å². The lowest BCUT2D eigenvalue weighted by molar-refractivity contribution is -0.0512. The van der Waals surface area contributed by atoms with E-state index in [1.54, 1.807) is 24.3 Å². The summed E-state index contributed by atoms with van der Waals surface area (Å²) in [5.74, 6) is 0.689. The zero-order valence-electron chi connectivity index (χ0n) is 12.0. The minimum atomic E-state index is -2.90. The summed E-state index contributed by atoms with van der Waals surface area (Å²) < 4.78 is 38.9. The number of hydrogen-bond acceptors (Lipinski definition) is 5. The highest BCUT2D eigenvalue weighted by Crippen LogP contribution is 2.29. The Morgan fingerprint density at radius 2 is 2.09 bits per heavy atom. The van der Waals surface area contributed by atoms with E-state index in [1.807, 2.05) is 0 Å². The van der Waals surface area contributed by atoms with E-state index in [2.05, 4.69) is 10.1 Å². The van der Waals surface area contributed by atoms with Crippen molar-refractivity contribution in [2.45, 2.75) is 19.3 Å². The van der Waals surface area contributed by atoms with Gasteiger partial charge < -0.3 is 24.3 Å². The van der Waals surface area contributed by atoms with Crippen molar-refractivity contribution in [3.63, 3.8) is 0 Å². The first kappa shape index (κ1) is 16.3. The zero-order chi connectivity index (χ0) is 15.9. The van der Waals surface area contributed by atoms with Gasteiger partial charge in [0, 0.05) is 13.1 Å². The molecule has 1 atom stereocenters. The number of rotatable bonds is 8. The first-order chi connectivity index (χ1) is 10.6. The quantitative estimate of drug-likeness (QED) is 0.784. The molecule has 0 spiro atoms. The largest absolute Gasteiger partial charge is 0.493 e. The fourth-order valence-electron chi connectivity index (χ4n) is 1.95. The van der Waals surface area contributed by atoms with E-state index in [-0.39, 0.29) is 11.5 Å². The van der Waals surface area contributed by atoms with Crippen molar-refractivity contribution in [2.75, 3.05) is 13.7 Å². The molecule has 0 fully saturated rings. The van der Waals surface area contributed by atoms with Gasteiger partial charge in [0.2, 0.25) is 0 Å². The van der Waals surface area contributed by atoms with Crippen LogP contribution in [0.2, 0.25) is 0 Å². The fourth-order valence-corrected chi connectivity index (χ4v) is 1.95. The molecule has 0 aliphatic heterocycles. The second-order valence-electron chi connectivity index (χ2n) is 4.53. The van der Waals surface area contributed by atoms with Gasteiger partial charge in [-0.15, -0.1) is 0 Å². The van der Waals surface area contributed by atoms with Crippen molar-refractivity contribution in [2.24, 2.45) is 0 Å². The molecule has 1 aromatic heterocycles. The van der Waals surface area contributed by atoms with Gasteiger partial charge in [-0.3, -0.25) is 0 Å². The molecule has 0 radical (unpaired) electrons. The molecular weight excluding hydrogens is 296 g/mol. The number of aliphatic hydroxyl groups excluding tert-OH is 1. The van der Waals surface area contributed by atoms with Crippen molar-refractivity contribution >= 4 is 0 Å². The predicted molar refractivity (Wildman–Crippen MR) is 75.0 cm³/mol. The number of nitrogens with one attached hydrogen (secondary N) is 1. The van der Waals surface area contributed by atoms with E-state index in [4.69, 9.17) is 9.15 Å². The molecule has 2 aromatic rings. The molecule has 0 aliphatic carbocycles. The van der Waals surface area contributed by atoms with Crippen molar-refractivity contribution in [3.8, 4) is 11.5 Å². The molecule has 7 heteroatoms. The number of methoxy groups -OCH3 is 1. The second-order valence-corrected chi connectivity index (χ2v) is 4.53. The SMILES string of the molecule is COc1cc(CNCC(O)c2ccco2)ccc1OC(F)F. The topological polar surface area (TPSA) is 63.9 Å². The predicted octanol–water partition coefficient (Wildman–Crippen LogP) is 2.71. The van der Waals surface area contributed by atoms with Crippen LogP contribution in [0.1, 0.15) is 17.4 Å². The molecule has 5 nitrogen and oxygen atoms in total. The molecule has 0 saturated heterocycles. The van der Waals surface area contributed by atoms with Gasteiger partial charge in [0.1, 0.15) is 11.9 Å². The van der Waals surface area contributed by atoms with Gasteiger partial charge in [-0.05, 0) is 29.8 Å². The molecule has 0 bridgehead atoms. The molecule has 1 aromatic carbocycles. The molecule has 120 valence electrons. The maximum Gasteiger partial charge on any atom is 0.387 e. The third-order valence-corrected chi connectivity index (χ3v) is 2.98. The van der Waals surface area contributed by atoms with Crippen molar-refractivity contribution in [1.29, 1.82) is 0 Å². The normalized spacial score (nSPS) is 12.4. The third kappa shape index (κ3) is 4.44. The van der Waals surface area contributed by atoms with Gasteiger partial charge >= 0.3 is 6.61 Å². The summed E-state index contributed by atoms with van der Waals surface area (Å²) in [5.41, 5.74) is 0.810. The Hall–Kier alpha value is -2.12. The third-order valence-electron chi connectivity index (χ3n) is 2.98. The van der Waals surface area contributed by atoms with Crippen LogP contribution in [0.25, 0.3) is 0 Å². The fraction of sp³-hybridized carbons (Fsp3) is 0.333. The van der Waals surface area contributed by atoms with Gasteiger partial charge in [0.25, 0.3) is 0 Å². The first-order valence-electron chi connectivity index (χ1n) is 6.64. The molecule has 22 heavy (non-hydrogen) atoms. The van der Waals surface area contributed by atoms with E-state index in [1.165, 1.54) is 19.4 Å². The molecular formula is C15H17F2NO4. The second kappa shape index (κ2) is 7.77. The number of halogens is 2. The Bertz CT molecular complexity index is 575. The highest BCUT2D eigenvalue weighted by atomic mass is 19.3. The molecule has 1 heterocycles. The van der Waals surface area contributed by atoms with Crippen LogP contribution in [0.4, 0.5) is 8.78 Å². The molecule has 0 amide bonds. The summed E-state index contributed by atoms with van der Waals surface area (Å²) in [6.07, 6.45) is 0.740. The Morgan fingerprint density at radius 3 is 2.73 bits per heavy atom. The average molecular weight is 313 g/mol. The van der Waals surface area contributed by atoms with Gasteiger partial charge in [0.15, 0.2) is 11.5 Å². The number of aliphatic hydroxyl groups is 1. The monoisotopic (exact) mass is 313 g/mol. The van der Waals surface area contributed by atoms with Crippen LogP contribution in [0.15, 0.2) is 41.0 Å². The Morgan fingerprint density at radius 1 is 1.27 bits per heavy atom. The summed E-state index contributed by atoms with van der Waals surface area (Å²) in [7, 11) is 1.38. The maximum atomic E-state index is 12.2. The lowest BCUT2D eigenvalue weighted by atomic mass is 10.2. The van der Waals surface area contributed by atoms with E-state index >= 15 is 0 Å². The minimum Gasteiger partial charge on any atom is -0.493 e. The molecule has 0 aliphatic rings. The lowest BCUT2D eigenvalue weighted by Gasteiger charge is -2.13. The number of hydrogen-bond donors (Lipinski definition) is 2. The lowest BCUT2D eigenvalue weighted by Crippen LogP contribution is -2.20. The summed E-state index contributed by atoms with van der Waals surface area (Å²) in [6, 6.07) is 8.05. The van der Waals surface area contributed by atoms with E-state index in [9.17, 15) is 13.9 Å².